The summed E-state index contributed by atoms with van der Waals surface area (Å²) in [7, 11) is 0. The van der Waals surface area contributed by atoms with Crippen molar-refractivity contribution in [2.24, 2.45) is 0 Å². The Hall–Kier alpha value is -1.00. The molecule has 1 fully saturated rings. The lowest BCUT2D eigenvalue weighted by molar-refractivity contribution is 0.172. The second-order valence-corrected chi connectivity index (χ2v) is 4.38. The summed E-state index contributed by atoms with van der Waals surface area (Å²) in [6.07, 6.45) is 1.93. The average Bonchev–Trinajstić information content (AvgIpc) is 2.89. The predicted octanol–water partition coefficient (Wildman–Crippen LogP) is 2.63. The molecule has 3 nitrogen and oxygen atoms in total. The van der Waals surface area contributed by atoms with Gasteiger partial charge in [-0.2, -0.15) is 0 Å². The lowest BCUT2D eigenvalue weighted by Crippen LogP contribution is -2.15. The number of rotatable bonds is 1. The van der Waals surface area contributed by atoms with Crippen LogP contribution < -0.4 is 14.8 Å². The molecular formula is C11H11ClFNO2. The van der Waals surface area contributed by atoms with Crippen LogP contribution in [0.25, 0.3) is 0 Å². The lowest BCUT2D eigenvalue weighted by atomic mass is 10.0. The molecule has 0 aromatic heterocycles. The molecule has 5 heteroatoms. The molecule has 0 amide bonds. The molecule has 1 aromatic carbocycles. The fourth-order valence-electron chi connectivity index (χ4n) is 2.26. The fourth-order valence-corrected chi connectivity index (χ4v) is 2.46. The first-order valence-electron chi connectivity index (χ1n) is 5.28. The number of fused-ring (bicyclic) bond motifs is 1. The number of halogens is 2. The third-order valence-electron chi connectivity index (χ3n) is 3.00. The molecule has 86 valence electrons. The summed E-state index contributed by atoms with van der Waals surface area (Å²) >= 11 is 5.84. The van der Waals surface area contributed by atoms with Gasteiger partial charge in [0.2, 0.25) is 6.79 Å². The predicted molar refractivity (Wildman–Crippen MR) is 57.5 cm³/mol. The molecule has 16 heavy (non-hydrogen) atoms. The molecule has 1 atom stereocenters. The highest BCUT2D eigenvalue weighted by Crippen LogP contribution is 2.44. The van der Waals surface area contributed by atoms with Gasteiger partial charge in [-0.15, -0.1) is 0 Å². The van der Waals surface area contributed by atoms with E-state index in [1.165, 1.54) is 6.07 Å². The summed E-state index contributed by atoms with van der Waals surface area (Å²) in [4.78, 5) is 0. The van der Waals surface area contributed by atoms with E-state index in [0.717, 1.165) is 19.4 Å². The van der Waals surface area contributed by atoms with Crippen LogP contribution in [0.4, 0.5) is 4.39 Å². The minimum atomic E-state index is -0.398. The molecule has 0 spiro atoms. The maximum absolute atomic E-state index is 14.0. The Morgan fingerprint density at radius 1 is 1.44 bits per heavy atom. The van der Waals surface area contributed by atoms with Gasteiger partial charge in [0.15, 0.2) is 17.3 Å². The van der Waals surface area contributed by atoms with Crippen molar-refractivity contribution < 1.29 is 13.9 Å². The van der Waals surface area contributed by atoms with Crippen molar-refractivity contribution >= 4 is 11.6 Å². The van der Waals surface area contributed by atoms with Gasteiger partial charge in [-0.25, -0.2) is 4.39 Å². The number of ether oxygens (including phenoxy) is 2. The number of benzene rings is 1. The van der Waals surface area contributed by atoms with Crippen molar-refractivity contribution in [1.82, 2.24) is 5.32 Å². The molecule has 0 radical (unpaired) electrons. The second kappa shape index (κ2) is 3.79. The molecular weight excluding hydrogens is 233 g/mol. The van der Waals surface area contributed by atoms with Gasteiger partial charge in [0, 0.05) is 12.1 Å². The number of hydrogen-bond acceptors (Lipinski definition) is 3. The van der Waals surface area contributed by atoms with Gasteiger partial charge in [0.1, 0.15) is 0 Å². The van der Waals surface area contributed by atoms with Crippen LogP contribution in [0.2, 0.25) is 5.02 Å². The topological polar surface area (TPSA) is 30.5 Å². The van der Waals surface area contributed by atoms with Crippen LogP contribution in [0.1, 0.15) is 24.4 Å². The van der Waals surface area contributed by atoms with Crippen LogP contribution in [-0.2, 0) is 0 Å². The Morgan fingerprint density at radius 2 is 2.31 bits per heavy atom. The van der Waals surface area contributed by atoms with Gasteiger partial charge in [-0.3, -0.25) is 0 Å². The highest BCUT2D eigenvalue weighted by molar-refractivity contribution is 6.31. The second-order valence-electron chi connectivity index (χ2n) is 3.97. The Labute approximate surface area is 97.5 Å². The molecule has 0 aliphatic carbocycles. The Morgan fingerprint density at radius 3 is 3.06 bits per heavy atom. The van der Waals surface area contributed by atoms with Crippen LogP contribution in [0.15, 0.2) is 6.07 Å². The maximum Gasteiger partial charge on any atom is 0.231 e. The maximum atomic E-state index is 14.0. The van der Waals surface area contributed by atoms with Gasteiger partial charge in [0.05, 0.1) is 10.6 Å². The van der Waals surface area contributed by atoms with Crippen molar-refractivity contribution in [3.05, 3.63) is 22.5 Å². The summed E-state index contributed by atoms with van der Waals surface area (Å²) in [6, 6.07) is 1.45. The molecule has 0 bridgehead atoms. The first kappa shape index (κ1) is 10.2. The fraction of sp³-hybridized carbons (Fsp3) is 0.455. The van der Waals surface area contributed by atoms with Crippen molar-refractivity contribution in [1.29, 1.82) is 0 Å². The van der Waals surface area contributed by atoms with Gasteiger partial charge in [-0.1, -0.05) is 11.6 Å². The van der Waals surface area contributed by atoms with Crippen LogP contribution in [0, 0.1) is 5.82 Å². The highest BCUT2D eigenvalue weighted by Gasteiger charge is 2.30. The van der Waals surface area contributed by atoms with E-state index < -0.39 is 5.82 Å². The van der Waals surface area contributed by atoms with Crippen LogP contribution in [-0.4, -0.2) is 13.3 Å². The monoisotopic (exact) mass is 243 g/mol. The summed E-state index contributed by atoms with van der Waals surface area (Å²) in [5.74, 6) is 0.640. The summed E-state index contributed by atoms with van der Waals surface area (Å²) in [6.45, 7) is 1.03. The van der Waals surface area contributed by atoms with Crippen LogP contribution >= 0.6 is 11.6 Å². The van der Waals surface area contributed by atoms with Crippen molar-refractivity contribution in [3.63, 3.8) is 0 Å². The molecule has 3 rings (SSSR count). The smallest absolute Gasteiger partial charge is 0.231 e. The van der Waals surface area contributed by atoms with Gasteiger partial charge >= 0.3 is 0 Å². The first-order chi connectivity index (χ1) is 7.77. The molecule has 1 aromatic rings. The lowest BCUT2D eigenvalue weighted by Gasteiger charge is -2.15. The van der Waals surface area contributed by atoms with Gasteiger partial charge in [0.25, 0.3) is 0 Å². The quantitative estimate of drug-likeness (QED) is 0.823. The van der Waals surface area contributed by atoms with Crippen LogP contribution in [0.5, 0.6) is 11.5 Å². The van der Waals surface area contributed by atoms with Crippen molar-refractivity contribution in [3.8, 4) is 11.5 Å². The van der Waals surface area contributed by atoms with E-state index >= 15 is 0 Å². The summed E-state index contributed by atoms with van der Waals surface area (Å²) in [5.41, 5.74) is 0.512. The van der Waals surface area contributed by atoms with E-state index in [-0.39, 0.29) is 17.9 Å². The molecule has 2 aliphatic rings. The average molecular weight is 244 g/mol. The van der Waals surface area contributed by atoms with E-state index in [4.69, 9.17) is 21.1 Å². The van der Waals surface area contributed by atoms with E-state index in [0.29, 0.717) is 17.1 Å². The van der Waals surface area contributed by atoms with Crippen molar-refractivity contribution in [2.75, 3.05) is 13.3 Å². The van der Waals surface area contributed by atoms with Crippen molar-refractivity contribution in [2.45, 2.75) is 18.9 Å². The zero-order chi connectivity index (χ0) is 11.1. The normalized spacial score (nSPS) is 22.8. The largest absolute Gasteiger partial charge is 0.454 e. The zero-order valence-corrected chi connectivity index (χ0v) is 9.31. The summed E-state index contributed by atoms with van der Waals surface area (Å²) in [5, 5.41) is 3.33. The van der Waals surface area contributed by atoms with E-state index in [9.17, 15) is 4.39 Å². The molecule has 2 aliphatic heterocycles. The standard InChI is InChI=1S/C11H11ClFNO2/c12-6-4-8-11(16-5-15-8)9(10(6)13)7-2-1-3-14-7/h4,7,14H,1-3,5H2. The molecule has 1 N–H and O–H groups in total. The number of nitrogens with one attached hydrogen (secondary N) is 1. The van der Waals surface area contributed by atoms with E-state index in [1.807, 2.05) is 0 Å². The Balaban J connectivity index is 2.14. The minimum absolute atomic E-state index is 0.0193. The third-order valence-corrected chi connectivity index (χ3v) is 3.27. The summed E-state index contributed by atoms with van der Waals surface area (Å²) < 4.78 is 24.6. The van der Waals surface area contributed by atoms with E-state index in [2.05, 4.69) is 5.32 Å². The zero-order valence-electron chi connectivity index (χ0n) is 8.56. The molecule has 1 saturated heterocycles. The Kier molecular flexibility index (Phi) is 2.41. The highest BCUT2D eigenvalue weighted by atomic mass is 35.5. The number of hydrogen-bond donors (Lipinski definition) is 1. The first-order valence-corrected chi connectivity index (χ1v) is 5.66. The Bertz CT molecular complexity index is 432. The third kappa shape index (κ3) is 1.44. The van der Waals surface area contributed by atoms with E-state index in [1.54, 1.807) is 0 Å². The van der Waals surface area contributed by atoms with Gasteiger partial charge < -0.3 is 14.8 Å². The molecule has 1 unspecified atom stereocenters. The van der Waals surface area contributed by atoms with Crippen LogP contribution in [0.3, 0.4) is 0 Å². The minimum Gasteiger partial charge on any atom is -0.454 e. The molecule has 0 saturated carbocycles. The molecule has 2 heterocycles. The van der Waals surface area contributed by atoms with Gasteiger partial charge in [-0.05, 0) is 19.4 Å². The SMILES string of the molecule is Fc1c(Cl)cc2c(c1C1CCCN1)OCO2.